The third-order valence-corrected chi connectivity index (χ3v) is 3.98. The van der Waals surface area contributed by atoms with E-state index in [0.29, 0.717) is 11.3 Å². The van der Waals surface area contributed by atoms with E-state index in [1.165, 1.54) is 12.1 Å². The summed E-state index contributed by atoms with van der Waals surface area (Å²) in [7, 11) is 0. The summed E-state index contributed by atoms with van der Waals surface area (Å²) in [5, 5.41) is 17.9. The molecular formula is C16H14FNOS. The lowest BCUT2D eigenvalue weighted by Crippen LogP contribution is -1.90. The predicted octanol–water partition coefficient (Wildman–Crippen LogP) is 3.62. The molecule has 0 saturated carbocycles. The van der Waals surface area contributed by atoms with Crippen LogP contribution >= 0.6 is 11.8 Å². The summed E-state index contributed by atoms with van der Waals surface area (Å²) >= 11 is 1.67. The Morgan fingerprint density at radius 2 is 1.75 bits per heavy atom. The number of nitrogens with zero attached hydrogens (tertiary/aromatic N) is 1. The highest BCUT2D eigenvalue weighted by Gasteiger charge is 2.04. The molecule has 20 heavy (non-hydrogen) atoms. The van der Waals surface area contributed by atoms with E-state index in [0.717, 1.165) is 22.4 Å². The van der Waals surface area contributed by atoms with Crippen molar-refractivity contribution in [3.8, 4) is 6.07 Å². The maximum atomic E-state index is 13.0. The first-order chi connectivity index (χ1) is 9.72. The number of thioether (sulfide) groups is 1. The van der Waals surface area contributed by atoms with Gasteiger partial charge in [-0.3, -0.25) is 0 Å². The van der Waals surface area contributed by atoms with E-state index >= 15 is 0 Å². The number of benzene rings is 2. The van der Waals surface area contributed by atoms with Gasteiger partial charge in [0.2, 0.25) is 0 Å². The average Bonchev–Trinajstić information content (AvgIpc) is 2.49. The molecule has 2 nitrogen and oxygen atoms in total. The first-order valence-electron chi connectivity index (χ1n) is 6.18. The van der Waals surface area contributed by atoms with Crippen LogP contribution in [0.3, 0.4) is 0 Å². The number of hydrogen-bond donors (Lipinski definition) is 1. The molecule has 0 fully saturated rings. The normalized spacial score (nSPS) is 10.2. The highest BCUT2D eigenvalue weighted by atomic mass is 32.2. The van der Waals surface area contributed by atoms with Crippen molar-refractivity contribution in [3.05, 3.63) is 70.5 Å². The summed E-state index contributed by atoms with van der Waals surface area (Å²) in [6.07, 6.45) is 0. The number of nitriles is 1. The molecule has 0 radical (unpaired) electrons. The van der Waals surface area contributed by atoms with Gasteiger partial charge in [-0.1, -0.05) is 30.3 Å². The maximum Gasteiger partial charge on any atom is 0.124 e. The molecule has 0 bridgehead atoms. The van der Waals surface area contributed by atoms with Crippen LogP contribution in [0.5, 0.6) is 0 Å². The van der Waals surface area contributed by atoms with Crippen LogP contribution in [0, 0.1) is 17.1 Å². The van der Waals surface area contributed by atoms with Gasteiger partial charge in [0, 0.05) is 11.5 Å². The fourth-order valence-corrected chi connectivity index (χ4v) is 2.80. The number of rotatable bonds is 5. The highest BCUT2D eigenvalue weighted by Crippen LogP contribution is 2.21. The molecule has 2 aromatic rings. The average molecular weight is 287 g/mol. The molecule has 2 rings (SSSR count). The van der Waals surface area contributed by atoms with Gasteiger partial charge in [-0.05, 0) is 28.8 Å². The van der Waals surface area contributed by atoms with Gasteiger partial charge < -0.3 is 5.11 Å². The van der Waals surface area contributed by atoms with Crippen LogP contribution in [0.1, 0.15) is 22.3 Å². The van der Waals surface area contributed by atoms with Crippen LogP contribution in [-0.2, 0) is 18.1 Å². The molecule has 1 N–H and O–H groups in total. The summed E-state index contributed by atoms with van der Waals surface area (Å²) < 4.78 is 13.0. The monoisotopic (exact) mass is 287 g/mol. The molecule has 4 heteroatoms. The second-order valence-electron chi connectivity index (χ2n) is 4.38. The minimum absolute atomic E-state index is 0.0501. The third-order valence-electron chi connectivity index (χ3n) is 2.92. The molecule has 0 unspecified atom stereocenters. The van der Waals surface area contributed by atoms with E-state index < -0.39 is 0 Å². The molecule has 0 heterocycles. The van der Waals surface area contributed by atoms with Crippen molar-refractivity contribution < 1.29 is 9.50 Å². The van der Waals surface area contributed by atoms with E-state index in [9.17, 15) is 4.39 Å². The summed E-state index contributed by atoms with van der Waals surface area (Å²) in [5.41, 5.74) is 3.30. The number of halogens is 1. The van der Waals surface area contributed by atoms with Crippen molar-refractivity contribution >= 4 is 11.8 Å². The van der Waals surface area contributed by atoms with E-state index in [-0.39, 0.29) is 12.4 Å². The van der Waals surface area contributed by atoms with Crippen LogP contribution in [0.15, 0.2) is 42.5 Å². The van der Waals surface area contributed by atoms with Gasteiger partial charge in [0.25, 0.3) is 0 Å². The molecule has 0 aromatic heterocycles. The van der Waals surface area contributed by atoms with Gasteiger partial charge in [0.05, 0.1) is 18.2 Å². The van der Waals surface area contributed by atoms with Crippen molar-refractivity contribution in [3.63, 3.8) is 0 Å². The molecule has 2 aromatic carbocycles. The Morgan fingerprint density at radius 3 is 2.40 bits per heavy atom. The minimum Gasteiger partial charge on any atom is -0.392 e. The Labute approximate surface area is 121 Å². The Hall–Kier alpha value is -1.83. The second kappa shape index (κ2) is 7.09. The lowest BCUT2D eigenvalue weighted by molar-refractivity contribution is 0.282. The van der Waals surface area contributed by atoms with Gasteiger partial charge in [-0.2, -0.15) is 17.0 Å². The SMILES string of the molecule is N#Cc1cc(F)ccc1CSCc1ccc(CO)cc1. The summed E-state index contributed by atoms with van der Waals surface area (Å²) in [6, 6.07) is 14.1. The van der Waals surface area contributed by atoms with Crippen LogP contribution in [0.4, 0.5) is 4.39 Å². The fraction of sp³-hybridized carbons (Fsp3) is 0.188. The van der Waals surface area contributed by atoms with Crippen molar-refractivity contribution in [1.29, 1.82) is 5.26 Å². The topological polar surface area (TPSA) is 44.0 Å². The highest BCUT2D eigenvalue weighted by molar-refractivity contribution is 7.97. The smallest absolute Gasteiger partial charge is 0.124 e. The van der Waals surface area contributed by atoms with E-state index in [2.05, 4.69) is 0 Å². The summed E-state index contributed by atoms with van der Waals surface area (Å²) in [6.45, 7) is 0.0501. The zero-order valence-corrected chi connectivity index (χ0v) is 11.7. The molecular weight excluding hydrogens is 273 g/mol. The molecule has 0 aliphatic carbocycles. The van der Waals surface area contributed by atoms with Gasteiger partial charge in [0.1, 0.15) is 5.82 Å². The van der Waals surface area contributed by atoms with Gasteiger partial charge in [-0.15, -0.1) is 0 Å². The van der Waals surface area contributed by atoms with Gasteiger partial charge >= 0.3 is 0 Å². The first-order valence-corrected chi connectivity index (χ1v) is 7.33. The Morgan fingerprint density at radius 1 is 1.05 bits per heavy atom. The molecule has 0 amide bonds. The van der Waals surface area contributed by atoms with E-state index in [1.54, 1.807) is 17.8 Å². The third kappa shape index (κ3) is 3.83. The zero-order chi connectivity index (χ0) is 14.4. The van der Waals surface area contributed by atoms with Crippen molar-refractivity contribution in [1.82, 2.24) is 0 Å². The largest absolute Gasteiger partial charge is 0.392 e. The second-order valence-corrected chi connectivity index (χ2v) is 5.37. The van der Waals surface area contributed by atoms with E-state index in [1.807, 2.05) is 30.3 Å². The van der Waals surface area contributed by atoms with Crippen LogP contribution in [-0.4, -0.2) is 5.11 Å². The van der Waals surface area contributed by atoms with E-state index in [4.69, 9.17) is 10.4 Å². The quantitative estimate of drug-likeness (QED) is 0.913. The van der Waals surface area contributed by atoms with Crippen LogP contribution < -0.4 is 0 Å². The Bertz CT molecular complexity index is 619. The number of hydrogen-bond acceptors (Lipinski definition) is 3. The van der Waals surface area contributed by atoms with Crippen molar-refractivity contribution in [2.75, 3.05) is 0 Å². The van der Waals surface area contributed by atoms with Crippen molar-refractivity contribution in [2.45, 2.75) is 18.1 Å². The molecule has 0 saturated heterocycles. The van der Waals surface area contributed by atoms with Gasteiger partial charge in [0.15, 0.2) is 0 Å². The molecule has 0 aliphatic heterocycles. The summed E-state index contributed by atoms with van der Waals surface area (Å²) in [5.74, 6) is 1.11. The Kier molecular flexibility index (Phi) is 5.16. The predicted molar refractivity (Wildman–Crippen MR) is 78.5 cm³/mol. The van der Waals surface area contributed by atoms with Crippen LogP contribution in [0.2, 0.25) is 0 Å². The fourth-order valence-electron chi connectivity index (χ4n) is 1.80. The molecule has 0 aliphatic rings. The zero-order valence-electron chi connectivity index (χ0n) is 10.8. The Balaban J connectivity index is 1.94. The molecule has 102 valence electrons. The maximum absolute atomic E-state index is 13.0. The standard InChI is InChI=1S/C16H14FNOS/c17-16-6-5-14(15(7-16)8-18)11-20-10-13-3-1-12(9-19)2-4-13/h1-7,19H,9-11H2. The van der Waals surface area contributed by atoms with Crippen molar-refractivity contribution in [2.24, 2.45) is 0 Å². The van der Waals surface area contributed by atoms with Gasteiger partial charge in [-0.25, -0.2) is 4.39 Å². The van der Waals surface area contributed by atoms with Crippen LogP contribution in [0.25, 0.3) is 0 Å². The number of aliphatic hydroxyl groups is 1. The molecule has 0 spiro atoms. The minimum atomic E-state index is -0.380. The lowest BCUT2D eigenvalue weighted by atomic mass is 10.1. The summed E-state index contributed by atoms with van der Waals surface area (Å²) in [4.78, 5) is 0. The lowest BCUT2D eigenvalue weighted by Gasteiger charge is -2.05. The molecule has 0 atom stereocenters. The number of aliphatic hydroxyl groups excluding tert-OH is 1. The first kappa shape index (κ1) is 14.6.